The van der Waals surface area contributed by atoms with Crippen LogP contribution in [0.15, 0.2) is 22.9 Å². The molecule has 0 spiro atoms. The fourth-order valence-electron chi connectivity index (χ4n) is 2.44. The van der Waals surface area contributed by atoms with E-state index in [0.29, 0.717) is 0 Å². The van der Waals surface area contributed by atoms with Crippen LogP contribution in [0.1, 0.15) is 20.8 Å². The van der Waals surface area contributed by atoms with Gasteiger partial charge in [0, 0.05) is 0 Å². The maximum Gasteiger partial charge on any atom is 0.339 e. The Kier molecular flexibility index (Phi) is 5.35. The van der Waals surface area contributed by atoms with Gasteiger partial charge in [-0.15, -0.1) is 0 Å². The zero-order chi connectivity index (χ0) is 18.5. The molecule has 1 unspecified atom stereocenters. The van der Waals surface area contributed by atoms with Crippen molar-refractivity contribution in [2.75, 3.05) is 13.2 Å². The summed E-state index contributed by atoms with van der Waals surface area (Å²) in [5.41, 5.74) is 0.715. The van der Waals surface area contributed by atoms with Gasteiger partial charge in [0.2, 0.25) is 5.41 Å². The highest BCUT2D eigenvalue weighted by Crippen LogP contribution is 2.50. The summed E-state index contributed by atoms with van der Waals surface area (Å²) in [6, 6.07) is 5.13. The lowest BCUT2D eigenvalue weighted by Gasteiger charge is -2.38. The highest BCUT2D eigenvalue weighted by molar-refractivity contribution is 5.98. The molecule has 0 aliphatic heterocycles. The van der Waals surface area contributed by atoms with Crippen LogP contribution in [0.25, 0.3) is 0 Å². The highest BCUT2D eigenvalue weighted by atomic mass is 16.5. The molecule has 0 heterocycles. The molecule has 0 aromatic carbocycles. The lowest BCUT2D eigenvalue weighted by atomic mass is 9.59. The summed E-state index contributed by atoms with van der Waals surface area (Å²) < 4.78 is 9.81. The van der Waals surface area contributed by atoms with E-state index >= 15 is 0 Å². The summed E-state index contributed by atoms with van der Waals surface area (Å²) in [6.45, 7) is 4.42. The molecule has 0 amide bonds. The Morgan fingerprint density at radius 2 is 1.71 bits per heavy atom. The van der Waals surface area contributed by atoms with Crippen molar-refractivity contribution in [2.24, 2.45) is 16.6 Å². The van der Waals surface area contributed by atoms with Crippen molar-refractivity contribution in [1.82, 2.24) is 0 Å². The molecule has 1 atom stereocenters. The Balaban J connectivity index is 3.79. The molecule has 2 N–H and O–H groups in total. The molecule has 1 rings (SSSR count). The van der Waals surface area contributed by atoms with Gasteiger partial charge in [0.15, 0.2) is 0 Å². The number of hydrogen-bond acceptors (Lipinski definition) is 8. The molecule has 0 radical (unpaired) electrons. The zero-order valence-corrected chi connectivity index (χ0v) is 13.5. The standard InChI is InChI=1S/C16H16N4O4/c1-4-23-13(21)10-6-15(3,14(22)24-5-2)16(8-18,9-19)12(20)11(10)7-17/h6H,4-5,20H2,1-3H3. The van der Waals surface area contributed by atoms with Crippen LogP contribution in [0.3, 0.4) is 0 Å². The topological polar surface area (TPSA) is 150 Å². The van der Waals surface area contributed by atoms with E-state index in [-0.39, 0.29) is 24.4 Å². The van der Waals surface area contributed by atoms with Crippen LogP contribution in [-0.4, -0.2) is 25.2 Å². The number of carbonyl (C=O) groups is 2. The van der Waals surface area contributed by atoms with Crippen molar-refractivity contribution in [2.45, 2.75) is 20.8 Å². The lowest BCUT2D eigenvalue weighted by Crippen LogP contribution is -2.50. The Morgan fingerprint density at radius 1 is 1.17 bits per heavy atom. The van der Waals surface area contributed by atoms with Crippen molar-refractivity contribution >= 4 is 11.9 Å². The van der Waals surface area contributed by atoms with Gasteiger partial charge in [-0.25, -0.2) is 4.79 Å². The molecule has 124 valence electrons. The second-order valence-electron chi connectivity index (χ2n) is 5.08. The van der Waals surface area contributed by atoms with Gasteiger partial charge in [-0.1, -0.05) is 0 Å². The predicted octanol–water partition coefficient (Wildman–Crippen LogP) is 0.829. The van der Waals surface area contributed by atoms with Gasteiger partial charge in [0.1, 0.15) is 11.5 Å². The maximum absolute atomic E-state index is 12.4. The summed E-state index contributed by atoms with van der Waals surface area (Å²) in [5, 5.41) is 28.4. The fraction of sp³-hybridized carbons (Fsp3) is 0.438. The van der Waals surface area contributed by atoms with Gasteiger partial charge in [0.05, 0.1) is 42.2 Å². The third kappa shape index (κ3) is 2.47. The van der Waals surface area contributed by atoms with Gasteiger partial charge in [-0.3, -0.25) is 4.79 Å². The number of hydrogen-bond donors (Lipinski definition) is 1. The molecular weight excluding hydrogens is 312 g/mol. The van der Waals surface area contributed by atoms with E-state index in [9.17, 15) is 25.4 Å². The van der Waals surface area contributed by atoms with Crippen LogP contribution >= 0.6 is 0 Å². The third-order valence-electron chi connectivity index (χ3n) is 3.80. The lowest BCUT2D eigenvalue weighted by molar-refractivity contribution is -0.154. The summed E-state index contributed by atoms with van der Waals surface area (Å²) in [7, 11) is 0. The molecule has 8 heteroatoms. The quantitative estimate of drug-likeness (QED) is 0.745. The van der Waals surface area contributed by atoms with E-state index in [2.05, 4.69) is 0 Å². The Hall–Kier alpha value is -3.31. The van der Waals surface area contributed by atoms with Gasteiger partial charge in [-0.2, -0.15) is 15.8 Å². The number of rotatable bonds is 4. The summed E-state index contributed by atoms with van der Waals surface area (Å²) in [4.78, 5) is 24.6. The molecule has 1 aliphatic rings. The number of allylic oxidation sites excluding steroid dienone is 1. The largest absolute Gasteiger partial charge is 0.465 e. The van der Waals surface area contributed by atoms with Crippen molar-refractivity contribution in [1.29, 1.82) is 15.8 Å². The Bertz CT molecular complexity index is 746. The van der Waals surface area contributed by atoms with Gasteiger partial charge in [0.25, 0.3) is 0 Å². The van der Waals surface area contributed by atoms with Crippen LogP contribution in [0, 0.1) is 44.8 Å². The molecule has 0 aromatic rings. The van der Waals surface area contributed by atoms with Crippen molar-refractivity contribution < 1.29 is 19.1 Å². The first-order valence-corrected chi connectivity index (χ1v) is 7.09. The fourth-order valence-corrected chi connectivity index (χ4v) is 2.44. The predicted molar refractivity (Wildman–Crippen MR) is 79.9 cm³/mol. The first kappa shape index (κ1) is 18.7. The molecule has 0 saturated heterocycles. The average molecular weight is 328 g/mol. The van der Waals surface area contributed by atoms with Crippen molar-refractivity contribution in [3.05, 3.63) is 22.9 Å². The molecule has 1 aliphatic carbocycles. The smallest absolute Gasteiger partial charge is 0.339 e. The van der Waals surface area contributed by atoms with E-state index in [1.165, 1.54) is 6.92 Å². The maximum atomic E-state index is 12.4. The van der Waals surface area contributed by atoms with Crippen molar-refractivity contribution in [3.63, 3.8) is 0 Å². The molecule has 0 fully saturated rings. The molecule has 0 saturated carbocycles. The third-order valence-corrected chi connectivity index (χ3v) is 3.80. The summed E-state index contributed by atoms with van der Waals surface area (Å²) in [6.07, 6.45) is 1.06. The average Bonchev–Trinajstić information content (AvgIpc) is 2.56. The van der Waals surface area contributed by atoms with E-state index in [1.54, 1.807) is 32.1 Å². The molecule has 24 heavy (non-hydrogen) atoms. The van der Waals surface area contributed by atoms with Crippen LogP contribution < -0.4 is 5.73 Å². The summed E-state index contributed by atoms with van der Waals surface area (Å²) >= 11 is 0. The van der Waals surface area contributed by atoms with E-state index in [4.69, 9.17) is 15.2 Å². The van der Waals surface area contributed by atoms with E-state index < -0.39 is 28.5 Å². The second kappa shape index (κ2) is 6.85. The minimum atomic E-state index is -2.18. The zero-order valence-electron chi connectivity index (χ0n) is 13.5. The van der Waals surface area contributed by atoms with Crippen LogP contribution in [-0.2, 0) is 19.1 Å². The number of carbonyl (C=O) groups excluding carboxylic acids is 2. The van der Waals surface area contributed by atoms with Gasteiger partial charge < -0.3 is 15.2 Å². The molecular formula is C16H16N4O4. The van der Waals surface area contributed by atoms with Gasteiger partial charge >= 0.3 is 11.9 Å². The first-order chi connectivity index (χ1) is 11.3. The second-order valence-corrected chi connectivity index (χ2v) is 5.08. The van der Waals surface area contributed by atoms with Crippen molar-refractivity contribution in [3.8, 4) is 18.2 Å². The molecule has 0 aromatic heterocycles. The summed E-state index contributed by atoms with van der Waals surface area (Å²) in [5.74, 6) is -1.79. The highest BCUT2D eigenvalue weighted by Gasteiger charge is 2.60. The van der Waals surface area contributed by atoms with E-state index in [0.717, 1.165) is 6.08 Å². The monoisotopic (exact) mass is 328 g/mol. The molecule has 0 bridgehead atoms. The Morgan fingerprint density at radius 3 is 2.12 bits per heavy atom. The van der Waals surface area contributed by atoms with Crippen LogP contribution in [0.4, 0.5) is 0 Å². The molecule has 8 nitrogen and oxygen atoms in total. The van der Waals surface area contributed by atoms with Crippen LogP contribution in [0.5, 0.6) is 0 Å². The minimum Gasteiger partial charge on any atom is -0.465 e. The SMILES string of the molecule is CCOC(=O)C1=CC(C)(C(=O)OCC)C(C#N)(C#N)C(N)=C1C#N. The Labute approximate surface area is 139 Å². The number of ether oxygens (including phenoxy) is 2. The van der Waals surface area contributed by atoms with Gasteiger partial charge in [-0.05, 0) is 26.8 Å². The number of esters is 2. The first-order valence-electron chi connectivity index (χ1n) is 7.09. The number of nitrogens with zero attached hydrogens (tertiary/aromatic N) is 3. The van der Waals surface area contributed by atoms with E-state index in [1.807, 2.05) is 0 Å². The number of nitriles is 3. The minimum absolute atomic E-state index is 0.00132. The number of nitrogens with two attached hydrogens (primary N) is 1. The van der Waals surface area contributed by atoms with Crippen LogP contribution in [0.2, 0.25) is 0 Å². The normalized spacial score (nSPS) is 21.6.